The number of methoxy groups -OCH3 is 1. The highest BCUT2D eigenvalue weighted by molar-refractivity contribution is 7.59. The third kappa shape index (κ3) is 5.19. The number of amides is 1. The van der Waals surface area contributed by atoms with Crippen LogP contribution >= 0.6 is 13.5 Å². The lowest BCUT2D eigenvalue weighted by Gasteiger charge is -2.38. The van der Waals surface area contributed by atoms with Gasteiger partial charge in [0.25, 0.3) is 0 Å². The van der Waals surface area contributed by atoms with Crippen molar-refractivity contribution in [2.45, 2.75) is 39.9 Å². The Morgan fingerprint density at radius 3 is 2.71 bits per heavy atom. The standard InChI is InChI=1S/C24H28F2N6O2.H2S/c1-13(2)22-24(33)30-21-14(3)29-19(8-18(21)31(22)4)27-9-15-10-28-32(11-15)12-16-6-7-17(25)23(34-5)20(16)26;/h6-8,10-11,13,22H,9,12H2,1-5H3,(H,27,29)(H,30,33);1H2/t22-;/m0./s1. The number of rotatable bonds is 7. The van der Waals surface area contributed by atoms with Gasteiger partial charge in [-0.15, -0.1) is 0 Å². The van der Waals surface area contributed by atoms with Crippen LogP contribution in [-0.2, 0) is 17.9 Å². The summed E-state index contributed by atoms with van der Waals surface area (Å²) < 4.78 is 34.5. The molecule has 0 unspecified atom stereocenters. The van der Waals surface area contributed by atoms with Crippen molar-refractivity contribution in [2.75, 3.05) is 29.7 Å². The van der Waals surface area contributed by atoms with Crippen LogP contribution in [0.2, 0.25) is 0 Å². The number of aromatic nitrogens is 3. The summed E-state index contributed by atoms with van der Waals surface area (Å²) in [6.07, 6.45) is 3.47. The van der Waals surface area contributed by atoms with E-state index in [1.807, 2.05) is 38.8 Å². The van der Waals surface area contributed by atoms with Crippen LogP contribution in [0.5, 0.6) is 5.75 Å². The Labute approximate surface area is 210 Å². The van der Waals surface area contributed by atoms with E-state index in [9.17, 15) is 13.6 Å². The molecule has 0 fully saturated rings. The van der Waals surface area contributed by atoms with Crippen molar-refractivity contribution >= 4 is 36.6 Å². The second-order valence-electron chi connectivity index (χ2n) is 8.73. The third-order valence-corrected chi connectivity index (χ3v) is 5.95. The molecule has 1 aromatic carbocycles. The van der Waals surface area contributed by atoms with Crippen LogP contribution in [0.3, 0.4) is 0 Å². The maximum Gasteiger partial charge on any atom is 0.247 e. The van der Waals surface area contributed by atoms with E-state index in [1.165, 1.54) is 19.2 Å². The number of hydrogen-bond acceptors (Lipinski definition) is 6. The van der Waals surface area contributed by atoms with Gasteiger partial charge in [-0.05, 0) is 18.9 Å². The van der Waals surface area contributed by atoms with Crippen LogP contribution in [0.1, 0.15) is 30.7 Å². The smallest absolute Gasteiger partial charge is 0.247 e. The Morgan fingerprint density at radius 2 is 2.03 bits per heavy atom. The molecule has 0 aliphatic carbocycles. The van der Waals surface area contributed by atoms with Gasteiger partial charge in [-0.3, -0.25) is 9.48 Å². The molecule has 3 aromatic rings. The molecule has 1 aliphatic rings. The van der Waals surface area contributed by atoms with Gasteiger partial charge in [0.15, 0.2) is 17.4 Å². The summed E-state index contributed by atoms with van der Waals surface area (Å²) in [7, 11) is 3.15. The molecular formula is C24H30F2N6O2S. The summed E-state index contributed by atoms with van der Waals surface area (Å²) in [4.78, 5) is 19.1. The molecule has 0 saturated carbocycles. The molecule has 0 spiro atoms. The fourth-order valence-electron chi connectivity index (χ4n) is 4.29. The monoisotopic (exact) mass is 504 g/mol. The van der Waals surface area contributed by atoms with E-state index < -0.39 is 17.4 Å². The third-order valence-electron chi connectivity index (χ3n) is 5.95. The van der Waals surface area contributed by atoms with Crippen LogP contribution in [-0.4, -0.2) is 40.9 Å². The summed E-state index contributed by atoms with van der Waals surface area (Å²) in [6, 6.07) is 4.22. The molecule has 11 heteroatoms. The van der Waals surface area contributed by atoms with Gasteiger partial charge >= 0.3 is 0 Å². The zero-order valence-corrected chi connectivity index (χ0v) is 21.3. The van der Waals surface area contributed by atoms with E-state index in [-0.39, 0.29) is 43.5 Å². The molecule has 35 heavy (non-hydrogen) atoms. The van der Waals surface area contributed by atoms with E-state index >= 15 is 0 Å². The van der Waals surface area contributed by atoms with Gasteiger partial charge in [0, 0.05) is 37.0 Å². The number of carbonyl (C=O) groups is 1. The van der Waals surface area contributed by atoms with Crippen molar-refractivity contribution in [1.29, 1.82) is 0 Å². The van der Waals surface area contributed by atoms with Crippen molar-refractivity contribution in [3.8, 4) is 5.75 Å². The molecule has 188 valence electrons. The highest BCUT2D eigenvalue weighted by Gasteiger charge is 2.34. The molecule has 2 N–H and O–H groups in total. The van der Waals surface area contributed by atoms with Crippen molar-refractivity contribution in [3.05, 3.63) is 59.0 Å². The zero-order chi connectivity index (χ0) is 24.6. The average Bonchev–Trinajstić information content (AvgIpc) is 3.23. The molecular weight excluding hydrogens is 474 g/mol. The minimum atomic E-state index is -0.744. The van der Waals surface area contributed by atoms with Gasteiger partial charge in [-0.25, -0.2) is 13.8 Å². The number of hydrogen-bond donors (Lipinski definition) is 2. The lowest BCUT2D eigenvalue weighted by atomic mass is 9.98. The van der Waals surface area contributed by atoms with Crippen molar-refractivity contribution in [3.63, 3.8) is 0 Å². The summed E-state index contributed by atoms with van der Waals surface area (Å²) in [5.41, 5.74) is 3.49. The van der Waals surface area contributed by atoms with Gasteiger partial charge in [0.1, 0.15) is 11.9 Å². The van der Waals surface area contributed by atoms with Crippen LogP contribution in [0.25, 0.3) is 0 Å². The molecule has 0 saturated heterocycles. The van der Waals surface area contributed by atoms with Crippen molar-refractivity contribution in [1.82, 2.24) is 14.8 Å². The topological polar surface area (TPSA) is 84.3 Å². The minimum absolute atomic E-state index is 0. The second kappa shape index (κ2) is 10.5. The Morgan fingerprint density at radius 1 is 1.29 bits per heavy atom. The lowest BCUT2D eigenvalue weighted by molar-refractivity contribution is -0.118. The first-order valence-corrected chi connectivity index (χ1v) is 11.0. The molecule has 1 amide bonds. The number of nitrogens with zero attached hydrogens (tertiary/aromatic N) is 4. The van der Waals surface area contributed by atoms with Crippen LogP contribution in [0, 0.1) is 24.5 Å². The molecule has 1 aliphatic heterocycles. The Balaban J connectivity index is 0.00000342. The maximum atomic E-state index is 14.4. The van der Waals surface area contributed by atoms with E-state index in [2.05, 4.69) is 20.7 Å². The average molecular weight is 505 g/mol. The molecule has 0 radical (unpaired) electrons. The number of halogens is 2. The van der Waals surface area contributed by atoms with E-state index in [0.29, 0.717) is 12.4 Å². The Kier molecular flexibility index (Phi) is 7.89. The molecule has 1 atom stereocenters. The largest absolute Gasteiger partial charge is 0.491 e. The molecule has 0 bridgehead atoms. The molecule has 2 aromatic heterocycles. The number of ether oxygens (including phenoxy) is 1. The molecule has 3 heterocycles. The minimum Gasteiger partial charge on any atom is -0.491 e. The van der Waals surface area contributed by atoms with Gasteiger partial charge < -0.3 is 20.3 Å². The first-order valence-electron chi connectivity index (χ1n) is 11.0. The fourth-order valence-corrected chi connectivity index (χ4v) is 4.29. The highest BCUT2D eigenvalue weighted by atomic mass is 32.1. The zero-order valence-electron chi connectivity index (χ0n) is 20.3. The maximum absolute atomic E-state index is 14.4. The van der Waals surface area contributed by atoms with Crippen LogP contribution in [0.15, 0.2) is 30.6 Å². The van der Waals surface area contributed by atoms with Crippen LogP contribution < -0.4 is 20.3 Å². The quantitative estimate of drug-likeness (QED) is 0.505. The van der Waals surface area contributed by atoms with Gasteiger partial charge in [0.2, 0.25) is 5.91 Å². The van der Waals surface area contributed by atoms with Crippen molar-refractivity contribution in [2.24, 2.45) is 5.92 Å². The van der Waals surface area contributed by atoms with E-state index in [0.717, 1.165) is 22.6 Å². The summed E-state index contributed by atoms with van der Waals surface area (Å²) in [5, 5.41) is 10.6. The SMILES string of the molecule is COc1c(F)ccc(Cn2cc(CNc3cc4c(c(C)n3)NC(=O)[C@H](C(C)C)N4C)cn2)c1F.S. The first kappa shape index (κ1) is 26.3. The number of anilines is 3. The number of likely N-dealkylation sites (N-methyl/N-ethyl adjacent to an activating group) is 1. The summed E-state index contributed by atoms with van der Waals surface area (Å²) in [5.74, 6) is -1.09. The van der Waals surface area contributed by atoms with Crippen molar-refractivity contribution < 1.29 is 18.3 Å². The predicted octanol–water partition coefficient (Wildman–Crippen LogP) is 4.06. The summed E-state index contributed by atoms with van der Waals surface area (Å²) >= 11 is 0. The number of carbonyl (C=O) groups excluding carboxylic acids is 1. The number of pyridine rings is 1. The lowest BCUT2D eigenvalue weighted by Crippen LogP contribution is -2.49. The van der Waals surface area contributed by atoms with Crippen LogP contribution in [0.4, 0.5) is 26.0 Å². The number of aryl methyl sites for hydroxylation is 1. The molecule has 4 rings (SSSR count). The predicted molar refractivity (Wildman–Crippen MR) is 137 cm³/mol. The Hall–Kier alpha value is -3.34. The molecule has 8 nitrogen and oxygen atoms in total. The number of benzene rings is 1. The van der Waals surface area contributed by atoms with Gasteiger partial charge in [-0.2, -0.15) is 18.6 Å². The number of nitrogens with one attached hydrogen (secondary N) is 2. The second-order valence-corrected chi connectivity index (χ2v) is 8.73. The van der Waals surface area contributed by atoms with E-state index in [1.54, 1.807) is 17.1 Å². The Bertz CT molecular complexity index is 1230. The first-order chi connectivity index (χ1) is 16.2. The normalized spacial score (nSPS) is 14.9. The summed E-state index contributed by atoms with van der Waals surface area (Å²) in [6.45, 7) is 6.48. The van der Waals surface area contributed by atoms with Gasteiger partial charge in [0.05, 0.1) is 36.9 Å². The van der Waals surface area contributed by atoms with Gasteiger partial charge in [-0.1, -0.05) is 19.9 Å². The fraction of sp³-hybridized carbons (Fsp3) is 0.375. The highest BCUT2D eigenvalue weighted by Crippen LogP contribution is 2.36. The van der Waals surface area contributed by atoms with E-state index in [4.69, 9.17) is 4.74 Å². The number of fused-ring (bicyclic) bond motifs is 1.